The maximum atomic E-state index is 11.9. The summed E-state index contributed by atoms with van der Waals surface area (Å²) in [7, 11) is 0. The van der Waals surface area contributed by atoms with Crippen LogP contribution in [0, 0.1) is 0 Å². The maximum absolute atomic E-state index is 11.9. The van der Waals surface area contributed by atoms with Crippen molar-refractivity contribution in [1.29, 1.82) is 0 Å². The van der Waals surface area contributed by atoms with Crippen molar-refractivity contribution >= 4 is 33.2 Å². The first-order valence-corrected chi connectivity index (χ1v) is 6.38. The fraction of sp³-hybridized carbons (Fsp3) is 0.364. The second-order valence-corrected chi connectivity index (χ2v) is 4.69. The highest BCUT2D eigenvalue weighted by Gasteiger charge is 2.17. The number of aryl methyl sites for hydroxylation is 1. The second-order valence-electron chi connectivity index (χ2n) is 3.61. The number of ether oxygens (including phenoxy) is 1. The highest BCUT2D eigenvalue weighted by Crippen LogP contribution is 2.30. The number of nitrogens with zero attached hydrogens (tertiary/aromatic N) is 1. The Balaban J connectivity index is 2.63. The standard InChI is InChI=1S/C11H13N3O3S/c1-3-5-7(12)6-9(15)13-8(11(16)17-4-2)14-10(6)18-5/h3-4,12H2,1-2H3,(H,13,14,15). The van der Waals surface area contributed by atoms with E-state index in [2.05, 4.69) is 9.97 Å². The third kappa shape index (κ3) is 1.97. The lowest BCUT2D eigenvalue weighted by Crippen LogP contribution is -2.17. The number of hydrogen-bond donors (Lipinski definition) is 2. The van der Waals surface area contributed by atoms with Gasteiger partial charge in [-0.25, -0.2) is 9.78 Å². The molecule has 0 amide bonds. The van der Waals surface area contributed by atoms with E-state index < -0.39 is 11.5 Å². The van der Waals surface area contributed by atoms with Crippen LogP contribution in [0.25, 0.3) is 10.2 Å². The van der Waals surface area contributed by atoms with E-state index in [1.165, 1.54) is 11.3 Å². The number of nitrogens with one attached hydrogen (secondary N) is 1. The van der Waals surface area contributed by atoms with Gasteiger partial charge in [-0.15, -0.1) is 11.3 Å². The third-order valence-electron chi connectivity index (χ3n) is 2.47. The van der Waals surface area contributed by atoms with Crippen molar-refractivity contribution < 1.29 is 9.53 Å². The monoisotopic (exact) mass is 267 g/mol. The molecule has 2 heterocycles. The van der Waals surface area contributed by atoms with Gasteiger partial charge in [0.2, 0.25) is 5.82 Å². The molecule has 0 aliphatic carbocycles. The van der Waals surface area contributed by atoms with Gasteiger partial charge in [-0.3, -0.25) is 4.79 Å². The quantitative estimate of drug-likeness (QED) is 0.817. The summed E-state index contributed by atoms with van der Waals surface area (Å²) in [5, 5.41) is 0.352. The van der Waals surface area contributed by atoms with Gasteiger partial charge in [0.15, 0.2) is 0 Å². The largest absolute Gasteiger partial charge is 0.460 e. The minimum Gasteiger partial charge on any atom is -0.460 e. The molecule has 2 aromatic heterocycles. The summed E-state index contributed by atoms with van der Waals surface area (Å²) in [4.78, 5) is 31.3. The topological polar surface area (TPSA) is 98.1 Å². The van der Waals surface area contributed by atoms with Crippen LogP contribution in [0.3, 0.4) is 0 Å². The van der Waals surface area contributed by atoms with E-state index in [1.807, 2.05) is 6.92 Å². The van der Waals surface area contributed by atoms with Crippen LogP contribution < -0.4 is 11.3 Å². The number of nitrogen functional groups attached to an aromatic ring is 1. The van der Waals surface area contributed by atoms with Crippen molar-refractivity contribution in [2.75, 3.05) is 12.3 Å². The minimum absolute atomic E-state index is 0.0850. The van der Waals surface area contributed by atoms with Gasteiger partial charge in [0, 0.05) is 4.88 Å². The Labute approximate surface area is 107 Å². The lowest BCUT2D eigenvalue weighted by molar-refractivity contribution is 0.0512. The van der Waals surface area contributed by atoms with Crippen LogP contribution in [0.15, 0.2) is 4.79 Å². The number of H-pyrrole nitrogens is 1. The summed E-state index contributed by atoms with van der Waals surface area (Å²) in [6.45, 7) is 3.86. The van der Waals surface area contributed by atoms with Gasteiger partial charge in [0.25, 0.3) is 5.56 Å². The van der Waals surface area contributed by atoms with Gasteiger partial charge < -0.3 is 15.5 Å². The molecule has 0 aromatic carbocycles. The molecule has 0 spiro atoms. The average molecular weight is 267 g/mol. The van der Waals surface area contributed by atoms with Gasteiger partial charge in [-0.2, -0.15) is 0 Å². The highest BCUT2D eigenvalue weighted by atomic mass is 32.1. The van der Waals surface area contributed by atoms with Crippen molar-refractivity contribution in [3.05, 3.63) is 21.1 Å². The predicted molar refractivity (Wildman–Crippen MR) is 70.0 cm³/mol. The maximum Gasteiger partial charge on any atom is 0.374 e. The molecular formula is C11H13N3O3S. The molecule has 0 bridgehead atoms. The van der Waals surface area contributed by atoms with Crippen LogP contribution in [0.5, 0.6) is 0 Å². The average Bonchev–Trinajstić information content (AvgIpc) is 2.66. The van der Waals surface area contributed by atoms with E-state index in [1.54, 1.807) is 6.92 Å². The van der Waals surface area contributed by atoms with E-state index in [9.17, 15) is 9.59 Å². The SMILES string of the molecule is CCOC(=O)c1nc2sc(CC)c(N)c2c(=O)[nH]1. The number of esters is 1. The molecule has 96 valence electrons. The van der Waals surface area contributed by atoms with Crippen molar-refractivity contribution in [3.8, 4) is 0 Å². The molecule has 0 radical (unpaired) electrons. The Hall–Kier alpha value is -1.89. The number of carbonyl (C=O) groups excluding carboxylic acids is 1. The Morgan fingerprint density at radius 2 is 2.22 bits per heavy atom. The molecule has 0 aliphatic rings. The summed E-state index contributed by atoms with van der Waals surface area (Å²) in [6, 6.07) is 0. The van der Waals surface area contributed by atoms with Crippen LogP contribution in [0.4, 0.5) is 5.69 Å². The van der Waals surface area contributed by atoms with Crippen molar-refractivity contribution in [2.24, 2.45) is 0 Å². The number of hydrogen-bond acceptors (Lipinski definition) is 6. The fourth-order valence-electron chi connectivity index (χ4n) is 1.63. The van der Waals surface area contributed by atoms with Gasteiger partial charge in [0.05, 0.1) is 17.7 Å². The summed E-state index contributed by atoms with van der Waals surface area (Å²) in [5.74, 6) is -0.722. The van der Waals surface area contributed by atoms with Crippen LogP contribution in [0.2, 0.25) is 0 Å². The van der Waals surface area contributed by atoms with Crippen molar-refractivity contribution in [2.45, 2.75) is 20.3 Å². The number of fused-ring (bicyclic) bond motifs is 1. The molecule has 0 atom stereocenters. The normalized spacial score (nSPS) is 10.8. The smallest absolute Gasteiger partial charge is 0.374 e. The van der Waals surface area contributed by atoms with Crippen LogP contribution in [0.1, 0.15) is 29.3 Å². The molecule has 6 nitrogen and oxygen atoms in total. The zero-order valence-corrected chi connectivity index (χ0v) is 10.9. The zero-order valence-electron chi connectivity index (χ0n) is 10.1. The van der Waals surface area contributed by atoms with Gasteiger partial charge >= 0.3 is 5.97 Å². The number of aromatic amines is 1. The first kappa shape index (κ1) is 12.6. The highest BCUT2D eigenvalue weighted by molar-refractivity contribution is 7.19. The Morgan fingerprint density at radius 1 is 1.50 bits per heavy atom. The van der Waals surface area contributed by atoms with E-state index >= 15 is 0 Å². The summed E-state index contributed by atoms with van der Waals surface area (Å²) in [5.41, 5.74) is 5.91. The van der Waals surface area contributed by atoms with Gasteiger partial charge in [0.1, 0.15) is 4.83 Å². The second kappa shape index (κ2) is 4.77. The third-order valence-corrected chi connectivity index (χ3v) is 3.71. The molecule has 7 heteroatoms. The van der Waals surface area contributed by atoms with Crippen LogP contribution >= 0.6 is 11.3 Å². The Bertz CT molecular complexity index is 659. The number of anilines is 1. The number of rotatable bonds is 3. The van der Waals surface area contributed by atoms with Crippen LogP contribution in [-0.2, 0) is 11.2 Å². The van der Waals surface area contributed by atoms with Gasteiger partial charge in [-0.05, 0) is 13.3 Å². The van der Waals surface area contributed by atoms with Crippen molar-refractivity contribution in [3.63, 3.8) is 0 Å². The molecule has 2 rings (SSSR count). The van der Waals surface area contributed by atoms with Gasteiger partial charge in [-0.1, -0.05) is 6.92 Å². The van der Waals surface area contributed by atoms with Crippen molar-refractivity contribution in [1.82, 2.24) is 9.97 Å². The molecule has 18 heavy (non-hydrogen) atoms. The number of thiophene rings is 1. The predicted octanol–water partition coefficient (Wildman–Crippen LogP) is 1.31. The number of carbonyl (C=O) groups is 1. The lowest BCUT2D eigenvalue weighted by atomic mass is 10.2. The molecule has 0 unspecified atom stereocenters. The lowest BCUT2D eigenvalue weighted by Gasteiger charge is -2.00. The summed E-state index contributed by atoms with van der Waals surface area (Å²) >= 11 is 1.32. The molecule has 0 aliphatic heterocycles. The van der Waals surface area contributed by atoms with E-state index in [0.717, 1.165) is 11.3 Å². The van der Waals surface area contributed by atoms with E-state index in [-0.39, 0.29) is 12.4 Å². The molecular weight excluding hydrogens is 254 g/mol. The number of aromatic nitrogens is 2. The zero-order chi connectivity index (χ0) is 13.3. The first-order chi connectivity index (χ1) is 8.58. The molecule has 0 saturated carbocycles. The minimum atomic E-state index is -0.637. The van der Waals surface area contributed by atoms with E-state index in [4.69, 9.17) is 10.5 Å². The molecule has 3 N–H and O–H groups in total. The summed E-state index contributed by atoms with van der Waals surface area (Å²) < 4.78 is 4.80. The summed E-state index contributed by atoms with van der Waals surface area (Å²) in [6.07, 6.45) is 0.723. The Kier molecular flexibility index (Phi) is 3.33. The molecule has 0 fully saturated rings. The first-order valence-electron chi connectivity index (χ1n) is 5.56. The van der Waals surface area contributed by atoms with E-state index in [0.29, 0.717) is 15.9 Å². The fourth-order valence-corrected chi connectivity index (χ4v) is 2.67. The molecule has 0 saturated heterocycles. The molecule has 2 aromatic rings. The Morgan fingerprint density at radius 3 is 2.83 bits per heavy atom. The van der Waals surface area contributed by atoms with Crippen LogP contribution in [-0.4, -0.2) is 22.5 Å². The number of nitrogens with two attached hydrogens (primary N) is 1.